The molecular formula is C19H24ClF3N4O2. The van der Waals surface area contributed by atoms with E-state index >= 15 is 0 Å². The summed E-state index contributed by atoms with van der Waals surface area (Å²) in [4.78, 5) is 24.8. The Morgan fingerprint density at radius 1 is 1.17 bits per heavy atom. The van der Waals surface area contributed by atoms with Crippen LogP contribution in [0.25, 0.3) is 0 Å². The molecule has 0 radical (unpaired) electrons. The van der Waals surface area contributed by atoms with Gasteiger partial charge in [0.15, 0.2) is 0 Å². The summed E-state index contributed by atoms with van der Waals surface area (Å²) >= 11 is 5.76. The number of hydrogen-bond acceptors (Lipinski definition) is 5. The average Bonchev–Trinajstić information content (AvgIpc) is 2.97. The zero-order valence-corrected chi connectivity index (χ0v) is 16.7. The molecule has 1 saturated carbocycles. The molecular weight excluding hydrogens is 409 g/mol. The molecule has 10 heteroatoms. The van der Waals surface area contributed by atoms with Crippen molar-refractivity contribution in [1.29, 1.82) is 0 Å². The van der Waals surface area contributed by atoms with Crippen LogP contribution in [-0.2, 0) is 11.0 Å². The molecule has 1 atom stereocenters. The van der Waals surface area contributed by atoms with Crippen molar-refractivity contribution in [3.63, 3.8) is 0 Å². The minimum Gasteiger partial charge on any atom is -0.393 e. The van der Waals surface area contributed by atoms with Crippen LogP contribution in [0.2, 0.25) is 5.15 Å². The average molecular weight is 433 g/mol. The smallest absolute Gasteiger partial charge is 0.393 e. The summed E-state index contributed by atoms with van der Waals surface area (Å²) < 4.78 is 38.7. The molecule has 1 aromatic rings. The molecule has 3 aliphatic rings. The highest BCUT2D eigenvalue weighted by atomic mass is 35.5. The molecule has 29 heavy (non-hydrogen) atoms. The van der Waals surface area contributed by atoms with Crippen molar-refractivity contribution in [2.24, 2.45) is 5.41 Å². The third-order valence-corrected chi connectivity index (χ3v) is 6.84. The van der Waals surface area contributed by atoms with E-state index in [1.54, 1.807) is 4.90 Å². The first kappa shape index (κ1) is 20.7. The number of carbonyl (C=O) groups excluding carboxylic acids is 1. The molecule has 6 nitrogen and oxygen atoms in total. The van der Waals surface area contributed by atoms with E-state index in [1.807, 2.05) is 4.90 Å². The second kappa shape index (κ2) is 7.58. The molecule has 1 amide bonds. The molecule has 160 valence electrons. The van der Waals surface area contributed by atoms with Gasteiger partial charge < -0.3 is 14.9 Å². The van der Waals surface area contributed by atoms with Gasteiger partial charge in [0.2, 0.25) is 11.9 Å². The van der Waals surface area contributed by atoms with Gasteiger partial charge in [0.05, 0.1) is 11.5 Å². The second-order valence-electron chi connectivity index (χ2n) is 8.39. The summed E-state index contributed by atoms with van der Waals surface area (Å²) in [5.41, 5.74) is -1.61. The Morgan fingerprint density at radius 3 is 2.55 bits per heavy atom. The highest BCUT2D eigenvalue weighted by Crippen LogP contribution is 2.43. The van der Waals surface area contributed by atoms with Crippen LogP contribution in [0.5, 0.6) is 0 Å². The predicted molar refractivity (Wildman–Crippen MR) is 101 cm³/mol. The topological polar surface area (TPSA) is 69.6 Å². The van der Waals surface area contributed by atoms with E-state index in [0.717, 1.165) is 32.1 Å². The van der Waals surface area contributed by atoms with E-state index in [1.165, 1.54) is 0 Å². The third kappa shape index (κ3) is 3.91. The van der Waals surface area contributed by atoms with Crippen LogP contribution in [0.4, 0.5) is 19.1 Å². The Bertz CT molecular complexity index is 785. The van der Waals surface area contributed by atoms with E-state index in [2.05, 4.69) is 9.97 Å². The van der Waals surface area contributed by atoms with Gasteiger partial charge in [0.1, 0.15) is 10.7 Å². The van der Waals surface area contributed by atoms with Gasteiger partial charge >= 0.3 is 6.18 Å². The van der Waals surface area contributed by atoms with E-state index in [0.29, 0.717) is 38.7 Å². The first-order chi connectivity index (χ1) is 13.7. The fourth-order valence-corrected chi connectivity index (χ4v) is 5.17. The molecule has 1 aliphatic carbocycles. The fraction of sp³-hybridized carbons (Fsp3) is 0.737. The Labute approximate surface area is 172 Å². The number of piperidine rings is 1. The van der Waals surface area contributed by atoms with Crippen LogP contribution in [-0.4, -0.2) is 57.7 Å². The second-order valence-corrected chi connectivity index (χ2v) is 8.75. The van der Waals surface area contributed by atoms with Crippen molar-refractivity contribution < 1.29 is 23.1 Å². The standard InChI is InChI=1S/C19H24ClF3N4O2/c20-15-14(19(21,22)23)10-24-17(25-15)26-8-1-6-18(11-26)7-9-27(16(18)29)12-2-4-13(28)5-3-12/h10,12-13,28H,1-9,11H2. The molecule has 0 aromatic carbocycles. The lowest BCUT2D eigenvalue weighted by molar-refractivity contribution is -0.139. The largest absolute Gasteiger partial charge is 0.420 e. The first-order valence-electron chi connectivity index (χ1n) is 10.0. The molecule has 1 spiro atoms. The molecule has 1 N–H and O–H groups in total. The number of alkyl halides is 3. The number of aliphatic hydroxyl groups is 1. The number of hydrogen-bond donors (Lipinski definition) is 1. The number of carbonyl (C=O) groups is 1. The van der Waals surface area contributed by atoms with Crippen molar-refractivity contribution >= 4 is 23.5 Å². The zero-order chi connectivity index (χ0) is 20.8. The lowest BCUT2D eigenvalue weighted by Gasteiger charge is -2.40. The minimum atomic E-state index is -4.60. The third-order valence-electron chi connectivity index (χ3n) is 6.55. The van der Waals surface area contributed by atoms with E-state index in [9.17, 15) is 23.1 Å². The summed E-state index contributed by atoms with van der Waals surface area (Å²) in [7, 11) is 0. The summed E-state index contributed by atoms with van der Waals surface area (Å²) in [6, 6.07) is 0.164. The lowest BCUT2D eigenvalue weighted by Crippen LogP contribution is -2.50. The van der Waals surface area contributed by atoms with Gasteiger partial charge in [0.25, 0.3) is 0 Å². The number of rotatable bonds is 2. The Kier molecular flexibility index (Phi) is 5.40. The maximum atomic E-state index is 13.3. The highest BCUT2D eigenvalue weighted by Gasteiger charge is 2.51. The monoisotopic (exact) mass is 432 g/mol. The van der Waals surface area contributed by atoms with Crippen LogP contribution < -0.4 is 4.90 Å². The van der Waals surface area contributed by atoms with Crippen LogP contribution in [0, 0.1) is 5.41 Å². The Morgan fingerprint density at radius 2 is 1.90 bits per heavy atom. The number of aliphatic hydroxyl groups excluding tert-OH is 1. The molecule has 3 fully saturated rings. The zero-order valence-electron chi connectivity index (χ0n) is 16.0. The van der Waals surface area contributed by atoms with Crippen molar-refractivity contribution in [3.05, 3.63) is 16.9 Å². The number of likely N-dealkylation sites (tertiary alicyclic amines) is 1. The Balaban J connectivity index is 1.50. The first-order valence-corrected chi connectivity index (χ1v) is 10.4. The predicted octanol–water partition coefficient (Wildman–Crippen LogP) is 3.27. The quantitative estimate of drug-likeness (QED) is 0.726. The van der Waals surface area contributed by atoms with Gasteiger partial charge in [-0.05, 0) is 44.9 Å². The van der Waals surface area contributed by atoms with Gasteiger partial charge in [-0.2, -0.15) is 13.2 Å². The van der Waals surface area contributed by atoms with E-state index in [-0.39, 0.29) is 24.0 Å². The van der Waals surface area contributed by atoms with Gasteiger partial charge in [-0.3, -0.25) is 4.79 Å². The number of amides is 1. The molecule has 2 saturated heterocycles. The molecule has 0 bridgehead atoms. The fourth-order valence-electron chi connectivity index (χ4n) is 4.94. The highest BCUT2D eigenvalue weighted by molar-refractivity contribution is 6.30. The summed E-state index contributed by atoms with van der Waals surface area (Å²) in [5, 5.41) is 9.10. The number of nitrogens with zero attached hydrogens (tertiary/aromatic N) is 4. The maximum absolute atomic E-state index is 13.3. The van der Waals surface area contributed by atoms with Crippen molar-refractivity contribution in [2.45, 2.75) is 63.3 Å². The van der Waals surface area contributed by atoms with E-state index < -0.39 is 22.3 Å². The normalized spacial score (nSPS) is 31.0. The summed E-state index contributed by atoms with van der Waals surface area (Å²) in [6.45, 7) is 1.65. The summed E-state index contributed by atoms with van der Waals surface area (Å²) in [5.74, 6) is 0.246. The SMILES string of the molecule is O=C1N(C2CCC(O)CC2)CCC12CCCN(c1ncc(C(F)(F)F)c(Cl)n1)C2. The molecule has 3 heterocycles. The number of halogens is 4. The van der Waals surface area contributed by atoms with Crippen molar-refractivity contribution in [2.75, 3.05) is 24.5 Å². The van der Waals surface area contributed by atoms with Crippen LogP contribution >= 0.6 is 11.6 Å². The molecule has 2 aliphatic heterocycles. The number of anilines is 1. The summed E-state index contributed by atoms with van der Waals surface area (Å²) in [6.07, 6.45) is 1.09. The van der Waals surface area contributed by atoms with Gasteiger partial charge in [-0.1, -0.05) is 11.6 Å². The number of aromatic nitrogens is 2. The Hall–Kier alpha value is -1.61. The van der Waals surface area contributed by atoms with Gasteiger partial charge in [-0.15, -0.1) is 0 Å². The lowest BCUT2D eigenvalue weighted by atomic mass is 9.78. The van der Waals surface area contributed by atoms with Crippen LogP contribution in [0.15, 0.2) is 6.20 Å². The molecule has 1 unspecified atom stereocenters. The van der Waals surface area contributed by atoms with Crippen LogP contribution in [0.3, 0.4) is 0 Å². The maximum Gasteiger partial charge on any atom is 0.420 e. The molecule has 4 rings (SSSR count). The van der Waals surface area contributed by atoms with Crippen molar-refractivity contribution in [3.8, 4) is 0 Å². The minimum absolute atomic E-state index is 0.113. The van der Waals surface area contributed by atoms with E-state index in [4.69, 9.17) is 11.6 Å². The van der Waals surface area contributed by atoms with Gasteiger partial charge in [0, 0.05) is 31.9 Å². The molecule has 1 aromatic heterocycles. The van der Waals surface area contributed by atoms with Gasteiger partial charge in [-0.25, -0.2) is 9.97 Å². The van der Waals surface area contributed by atoms with Crippen LogP contribution in [0.1, 0.15) is 50.5 Å². The van der Waals surface area contributed by atoms with Crippen molar-refractivity contribution in [1.82, 2.24) is 14.9 Å².